The van der Waals surface area contributed by atoms with Crippen LogP contribution in [0.2, 0.25) is 0 Å². The molecule has 4 nitrogen and oxygen atoms in total. The first-order valence-electron chi connectivity index (χ1n) is 4.75. The van der Waals surface area contributed by atoms with Crippen molar-refractivity contribution in [2.45, 2.75) is 33.6 Å². The van der Waals surface area contributed by atoms with E-state index in [1.807, 2.05) is 6.92 Å². The Labute approximate surface area is 83.3 Å². The van der Waals surface area contributed by atoms with E-state index in [1.54, 1.807) is 0 Å². The third-order valence-corrected chi connectivity index (χ3v) is 2.09. The van der Waals surface area contributed by atoms with Crippen LogP contribution in [0.5, 0.6) is 0 Å². The molecule has 14 heavy (non-hydrogen) atoms. The summed E-state index contributed by atoms with van der Waals surface area (Å²) < 4.78 is 0. The van der Waals surface area contributed by atoms with Crippen LogP contribution in [0, 0.1) is 12.8 Å². The summed E-state index contributed by atoms with van der Waals surface area (Å²) in [5.74, 6) is -0.319. The molecule has 1 heterocycles. The number of nitrogens with one attached hydrogen (secondary N) is 1. The predicted molar refractivity (Wildman–Crippen MR) is 53.2 cm³/mol. The molecule has 2 N–H and O–H groups in total. The van der Waals surface area contributed by atoms with Crippen molar-refractivity contribution in [2.24, 2.45) is 5.92 Å². The Morgan fingerprint density at radius 1 is 1.57 bits per heavy atom. The topological polar surface area (TPSA) is 66.0 Å². The standard InChI is InChI=1S/C10H16N2O2/c1-6(2)4-8-7(3)11-12-9(8)5-10(13)14/h6H,4-5H2,1-3H3,(H,11,12)(H,13,14). The minimum Gasteiger partial charge on any atom is -0.481 e. The quantitative estimate of drug-likeness (QED) is 0.767. The summed E-state index contributed by atoms with van der Waals surface area (Å²) in [4.78, 5) is 10.6. The first-order chi connectivity index (χ1) is 6.50. The fourth-order valence-electron chi connectivity index (χ4n) is 1.47. The van der Waals surface area contributed by atoms with E-state index in [1.165, 1.54) is 0 Å². The lowest BCUT2D eigenvalue weighted by Gasteiger charge is -2.05. The van der Waals surface area contributed by atoms with Crippen molar-refractivity contribution in [2.75, 3.05) is 0 Å². The molecule has 1 aromatic rings. The van der Waals surface area contributed by atoms with Gasteiger partial charge in [-0.25, -0.2) is 0 Å². The van der Waals surface area contributed by atoms with Crippen LogP contribution in [-0.4, -0.2) is 21.3 Å². The Morgan fingerprint density at radius 2 is 2.21 bits per heavy atom. The van der Waals surface area contributed by atoms with Gasteiger partial charge in [0.15, 0.2) is 0 Å². The molecule has 1 rings (SSSR count). The van der Waals surface area contributed by atoms with E-state index in [0.717, 1.165) is 17.7 Å². The average Bonchev–Trinajstić information content (AvgIpc) is 2.34. The number of nitrogens with zero attached hydrogens (tertiary/aromatic N) is 1. The molecule has 0 aromatic carbocycles. The number of carboxylic acid groups (broad SMARTS) is 1. The molecular formula is C10H16N2O2. The average molecular weight is 196 g/mol. The number of carboxylic acids is 1. The monoisotopic (exact) mass is 196 g/mol. The zero-order valence-electron chi connectivity index (χ0n) is 8.79. The molecule has 0 bridgehead atoms. The van der Waals surface area contributed by atoms with Crippen LogP contribution in [0.1, 0.15) is 30.8 Å². The summed E-state index contributed by atoms with van der Waals surface area (Å²) in [6.07, 6.45) is 0.886. The second-order valence-corrected chi connectivity index (χ2v) is 3.94. The molecular weight excluding hydrogens is 180 g/mol. The largest absolute Gasteiger partial charge is 0.481 e. The van der Waals surface area contributed by atoms with Crippen molar-refractivity contribution in [1.82, 2.24) is 10.2 Å². The summed E-state index contributed by atoms with van der Waals surface area (Å²) in [6.45, 7) is 6.14. The minimum atomic E-state index is -0.832. The van der Waals surface area contributed by atoms with Crippen molar-refractivity contribution < 1.29 is 9.90 Å². The number of carbonyl (C=O) groups is 1. The summed E-state index contributed by atoms with van der Waals surface area (Å²) >= 11 is 0. The third-order valence-electron chi connectivity index (χ3n) is 2.09. The first-order valence-corrected chi connectivity index (χ1v) is 4.75. The number of H-pyrrole nitrogens is 1. The van der Waals surface area contributed by atoms with E-state index in [9.17, 15) is 4.79 Å². The lowest BCUT2D eigenvalue weighted by atomic mass is 10.00. The highest BCUT2D eigenvalue weighted by atomic mass is 16.4. The molecule has 0 aliphatic heterocycles. The predicted octanol–water partition coefficient (Wildman–Crippen LogP) is 1.54. The number of aromatic nitrogens is 2. The van der Waals surface area contributed by atoms with Gasteiger partial charge in [0.2, 0.25) is 0 Å². The third kappa shape index (κ3) is 2.58. The highest BCUT2D eigenvalue weighted by Crippen LogP contribution is 2.16. The van der Waals surface area contributed by atoms with Gasteiger partial charge in [0, 0.05) is 5.69 Å². The van der Waals surface area contributed by atoms with Crippen LogP contribution in [-0.2, 0) is 17.6 Å². The Kier molecular flexibility index (Phi) is 3.28. The van der Waals surface area contributed by atoms with Crippen molar-refractivity contribution in [3.63, 3.8) is 0 Å². The van der Waals surface area contributed by atoms with Gasteiger partial charge in [0.05, 0.1) is 12.1 Å². The Hall–Kier alpha value is -1.32. The van der Waals surface area contributed by atoms with Crippen LogP contribution < -0.4 is 0 Å². The molecule has 78 valence electrons. The Morgan fingerprint density at radius 3 is 2.71 bits per heavy atom. The number of rotatable bonds is 4. The van der Waals surface area contributed by atoms with Gasteiger partial charge in [0.25, 0.3) is 0 Å². The van der Waals surface area contributed by atoms with Crippen LogP contribution in [0.3, 0.4) is 0 Å². The molecule has 1 aromatic heterocycles. The van der Waals surface area contributed by atoms with Crippen LogP contribution in [0.4, 0.5) is 0 Å². The summed E-state index contributed by atoms with van der Waals surface area (Å²) in [6, 6.07) is 0. The SMILES string of the molecule is Cc1[nH]nc(CC(=O)O)c1CC(C)C. The number of aliphatic carboxylic acids is 1. The molecule has 0 fully saturated rings. The fourth-order valence-corrected chi connectivity index (χ4v) is 1.47. The maximum Gasteiger partial charge on any atom is 0.309 e. The molecule has 0 spiro atoms. The first kappa shape index (κ1) is 10.8. The maximum atomic E-state index is 10.6. The highest BCUT2D eigenvalue weighted by molar-refractivity contribution is 5.70. The second kappa shape index (κ2) is 4.26. The van der Waals surface area contributed by atoms with Crippen molar-refractivity contribution in [1.29, 1.82) is 0 Å². The van der Waals surface area contributed by atoms with Crippen molar-refractivity contribution >= 4 is 5.97 Å². The number of hydrogen-bond acceptors (Lipinski definition) is 2. The number of aryl methyl sites for hydroxylation is 1. The van der Waals surface area contributed by atoms with Gasteiger partial charge in [-0.05, 0) is 24.8 Å². The number of aromatic amines is 1. The van der Waals surface area contributed by atoms with E-state index < -0.39 is 5.97 Å². The van der Waals surface area contributed by atoms with Crippen molar-refractivity contribution in [3.8, 4) is 0 Å². The van der Waals surface area contributed by atoms with E-state index in [4.69, 9.17) is 5.11 Å². The molecule has 4 heteroatoms. The molecule has 0 saturated heterocycles. The van der Waals surface area contributed by atoms with Crippen LogP contribution >= 0.6 is 0 Å². The fraction of sp³-hybridized carbons (Fsp3) is 0.600. The molecule has 0 amide bonds. The maximum absolute atomic E-state index is 10.6. The van der Waals surface area contributed by atoms with Gasteiger partial charge in [0.1, 0.15) is 0 Å². The van der Waals surface area contributed by atoms with E-state index >= 15 is 0 Å². The Bertz CT molecular complexity index is 329. The van der Waals surface area contributed by atoms with Crippen molar-refractivity contribution in [3.05, 3.63) is 17.0 Å². The normalized spacial score (nSPS) is 10.9. The lowest BCUT2D eigenvalue weighted by molar-refractivity contribution is -0.136. The number of hydrogen-bond donors (Lipinski definition) is 2. The van der Waals surface area contributed by atoms with Gasteiger partial charge in [-0.1, -0.05) is 13.8 Å². The molecule has 0 atom stereocenters. The molecule has 0 aliphatic carbocycles. The van der Waals surface area contributed by atoms with Gasteiger partial charge in [-0.15, -0.1) is 0 Å². The second-order valence-electron chi connectivity index (χ2n) is 3.94. The van der Waals surface area contributed by atoms with E-state index in [-0.39, 0.29) is 6.42 Å². The zero-order valence-corrected chi connectivity index (χ0v) is 8.79. The zero-order chi connectivity index (χ0) is 10.7. The smallest absolute Gasteiger partial charge is 0.309 e. The summed E-state index contributed by atoms with van der Waals surface area (Å²) in [5, 5.41) is 15.5. The molecule has 0 unspecified atom stereocenters. The van der Waals surface area contributed by atoms with Crippen LogP contribution in [0.25, 0.3) is 0 Å². The van der Waals surface area contributed by atoms with Gasteiger partial charge in [-0.3, -0.25) is 9.89 Å². The molecule has 0 radical (unpaired) electrons. The molecule has 0 saturated carbocycles. The minimum absolute atomic E-state index is 0.00634. The van der Waals surface area contributed by atoms with Gasteiger partial charge < -0.3 is 5.11 Å². The van der Waals surface area contributed by atoms with Gasteiger partial charge >= 0.3 is 5.97 Å². The summed E-state index contributed by atoms with van der Waals surface area (Å²) in [5.41, 5.74) is 2.71. The molecule has 0 aliphatic rings. The van der Waals surface area contributed by atoms with Crippen LogP contribution in [0.15, 0.2) is 0 Å². The van der Waals surface area contributed by atoms with E-state index in [0.29, 0.717) is 11.6 Å². The Balaban J connectivity index is 2.88. The summed E-state index contributed by atoms with van der Waals surface area (Å²) in [7, 11) is 0. The van der Waals surface area contributed by atoms with Gasteiger partial charge in [-0.2, -0.15) is 5.10 Å². The highest BCUT2D eigenvalue weighted by Gasteiger charge is 2.13. The van der Waals surface area contributed by atoms with E-state index in [2.05, 4.69) is 24.0 Å². The lowest BCUT2D eigenvalue weighted by Crippen LogP contribution is -2.05.